The Kier molecular flexibility index (Phi) is 4.18. The number of hydrogen-bond acceptors (Lipinski definition) is 5. The lowest BCUT2D eigenvalue weighted by atomic mass is 10.0. The summed E-state index contributed by atoms with van der Waals surface area (Å²) in [6, 6.07) is 8.99. The second kappa shape index (κ2) is 6.43. The van der Waals surface area contributed by atoms with Crippen LogP contribution in [0.1, 0.15) is 36.6 Å². The van der Waals surface area contributed by atoms with Crippen molar-refractivity contribution in [2.45, 2.75) is 31.6 Å². The number of ketones is 1. The predicted octanol–water partition coefficient (Wildman–Crippen LogP) is 1.89. The lowest BCUT2D eigenvalue weighted by Gasteiger charge is -2.08. The number of nitrogens with one attached hydrogen (secondary N) is 1. The lowest BCUT2D eigenvalue weighted by Crippen LogP contribution is -2.16. The molecule has 0 aliphatic heterocycles. The summed E-state index contributed by atoms with van der Waals surface area (Å²) in [5, 5.41) is 10.8. The van der Waals surface area contributed by atoms with Gasteiger partial charge in [-0.15, -0.1) is 5.10 Å². The molecule has 1 saturated carbocycles. The topological polar surface area (TPSA) is 84.8 Å². The molecule has 0 radical (unpaired) electrons. The number of carbonyl (C=O) groups is 2. The van der Waals surface area contributed by atoms with Crippen LogP contribution >= 0.6 is 0 Å². The molecule has 0 spiro atoms. The Hall–Kier alpha value is -2.63. The quantitative estimate of drug-likeness (QED) is 0.931. The van der Waals surface area contributed by atoms with E-state index in [0.29, 0.717) is 24.4 Å². The number of hydrogen-bond donors (Lipinski definition) is 1. The first-order chi connectivity index (χ1) is 10.7. The Balaban J connectivity index is 1.59. The van der Waals surface area contributed by atoms with E-state index in [4.69, 9.17) is 0 Å². The number of anilines is 1. The molecule has 0 aromatic carbocycles. The van der Waals surface area contributed by atoms with E-state index >= 15 is 0 Å². The summed E-state index contributed by atoms with van der Waals surface area (Å²) in [4.78, 5) is 27.3. The molecule has 1 atom stereocenters. The number of carbonyl (C=O) groups excluding carboxylic acids is 2. The molecule has 1 N–H and O–H groups in total. The smallest absolute Gasteiger partial charge is 0.231 e. The maximum absolute atomic E-state index is 11.9. The normalized spacial score (nSPS) is 17.5. The van der Waals surface area contributed by atoms with Gasteiger partial charge in [-0.1, -0.05) is 6.07 Å². The Labute approximate surface area is 128 Å². The highest BCUT2D eigenvalue weighted by Crippen LogP contribution is 2.30. The van der Waals surface area contributed by atoms with Gasteiger partial charge in [0.15, 0.2) is 5.82 Å². The Morgan fingerprint density at radius 1 is 1.23 bits per heavy atom. The number of Topliss-reactive ketones (excluding diaryl/α,β-unsaturated/α-hetero) is 1. The summed E-state index contributed by atoms with van der Waals surface area (Å²) < 4.78 is 0. The molecule has 1 amide bonds. The zero-order valence-corrected chi connectivity index (χ0v) is 12.0. The van der Waals surface area contributed by atoms with Gasteiger partial charge in [-0.25, -0.2) is 0 Å². The molecule has 6 heteroatoms. The van der Waals surface area contributed by atoms with Crippen LogP contribution in [0.5, 0.6) is 0 Å². The van der Waals surface area contributed by atoms with E-state index in [-0.39, 0.29) is 24.0 Å². The van der Waals surface area contributed by atoms with E-state index in [1.54, 1.807) is 24.4 Å². The van der Waals surface area contributed by atoms with Crippen LogP contribution in [-0.4, -0.2) is 26.9 Å². The Bertz CT molecular complexity index is 670. The van der Waals surface area contributed by atoms with Gasteiger partial charge in [-0.2, -0.15) is 5.10 Å². The number of rotatable bonds is 4. The third kappa shape index (κ3) is 3.52. The fourth-order valence-corrected chi connectivity index (χ4v) is 2.55. The van der Waals surface area contributed by atoms with Gasteiger partial charge >= 0.3 is 0 Å². The molecule has 1 aliphatic rings. The summed E-state index contributed by atoms with van der Waals surface area (Å²) in [7, 11) is 0. The van der Waals surface area contributed by atoms with Gasteiger partial charge in [0.25, 0.3) is 0 Å². The molecule has 1 aliphatic carbocycles. The number of amides is 1. The molecule has 0 saturated heterocycles. The molecule has 2 aromatic rings. The Morgan fingerprint density at radius 3 is 2.77 bits per heavy atom. The monoisotopic (exact) mass is 296 g/mol. The molecule has 112 valence electrons. The average molecular weight is 296 g/mol. The van der Waals surface area contributed by atoms with Gasteiger partial charge in [-0.05, 0) is 30.7 Å². The minimum absolute atomic E-state index is 0.165. The SMILES string of the molecule is O=C1CCC(c2ccc(NC(=O)Cc3ccccn3)nn2)C1. The summed E-state index contributed by atoms with van der Waals surface area (Å²) in [5.74, 6) is 0.670. The average Bonchev–Trinajstić information content (AvgIpc) is 2.95. The zero-order valence-electron chi connectivity index (χ0n) is 12.0. The lowest BCUT2D eigenvalue weighted by molar-refractivity contribution is -0.117. The van der Waals surface area contributed by atoms with E-state index in [1.165, 1.54) is 0 Å². The van der Waals surface area contributed by atoms with E-state index in [9.17, 15) is 9.59 Å². The second-order valence-electron chi connectivity index (χ2n) is 5.37. The molecular formula is C16H16N4O2. The highest BCUT2D eigenvalue weighted by atomic mass is 16.1. The minimum Gasteiger partial charge on any atom is -0.309 e. The first kappa shape index (κ1) is 14.3. The Morgan fingerprint density at radius 2 is 2.14 bits per heavy atom. The molecule has 3 rings (SSSR count). The highest BCUT2D eigenvalue weighted by molar-refractivity contribution is 5.91. The van der Waals surface area contributed by atoms with Crippen molar-refractivity contribution in [3.8, 4) is 0 Å². The van der Waals surface area contributed by atoms with Crippen molar-refractivity contribution < 1.29 is 9.59 Å². The van der Waals surface area contributed by atoms with Crippen molar-refractivity contribution in [1.29, 1.82) is 0 Å². The van der Waals surface area contributed by atoms with Crippen molar-refractivity contribution >= 4 is 17.5 Å². The van der Waals surface area contributed by atoms with Gasteiger partial charge in [0.2, 0.25) is 5.91 Å². The molecule has 1 unspecified atom stereocenters. The van der Waals surface area contributed by atoms with Gasteiger partial charge in [-0.3, -0.25) is 14.6 Å². The number of pyridine rings is 1. The van der Waals surface area contributed by atoms with Gasteiger partial charge < -0.3 is 5.32 Å². The minimum atomic E-state index is -0.184. The van der Waals surface area contributed by atoms with Crippen LogP contribution in [0.15, 0.2) is 36.5 Å². The van der Waals surface area contributed by atoms with Gasteiger partial charge in [0.05, 0.1) is 12.1 Å². The molecule has 22 heavy (non-hydrogen) atoms. The first-order valence-electron chi connectivity index (χ1n) is 7.26. The second-order valence-corrected chi connectivity index (χ2v) is 5.37. The zero-order chi connectivity index (χ0) is 15.4. The number of aromatic nitrogens is 3. The van der Waals surface area contributed by atoms with Crippen molar-refractivity contribution in [2.24, 2.45) is 0 Å². The third-order valence-electron chi connectivity index (χ3n) is 3.68. The molecule has 2 aromatic heterocycles. The summed E-state index contributed by atoms with van der Waals surface area (Å²) >= 11 is 0. The van der Waals surface area contributed by atoms with Crippen LogP contribution in [0.4, 0.5) is 5.82 Å². The fourth-order valence-electron chi connectivity index (χ4n) is 2.55. The van der Waals surface area contributed by atoms with E-state index in [1.807, 2.05) is 12.1 Å². The van der Waals surface area contributed by atoms with E-state index < -0.39 is 0 Å². The van der Waals surface area contributed by atoms with Crippen LogP contribution in [-0.2, 0) is 16.0 Å². The molecule has 0 bridgehead atoms. The van der Waals surface area contributed by atoms with Gasteiger partial charge in [0, 0.05) is 30.7 Å². The predicted molar refractivity (Wildman–Crippen MR) is 80.2 cm³/mol. The maximum atomic E-state index is 11.9. The third-order valence-corrected chi connectivity index (χ3v) is 3.68. The molecule has 1 fully saturated rings. The van der Waals surface area contributed by atoms with Crippen molar-refractivity contribution in [3.05, 3.63) is 47.9 Å². The van der Waals surface area contributed by atoms with Crippen LogP contribution in [0.25, 0.3) is 0 Å². The van der Waals surface area contributed by atoms with E-state index in [2.05, 4.69) is 20.5 Å². The first-order valence-corrected chi connectivity index (χ1v) is 7.26. The van der Waals surface area contributed by atoms with Crippen LogP contribution in [0, 0.1) is 0 Å². The number of nitrogens with zero attached hydrogens (tertiary/aromatic N) is 3. The largest absolute Gasteiger partial charge is 0.309 e. The molecule has 2 heterocycles. The van der Waals surface area contributed by atoms with E-state index in [0.717, 1.165) is 12.1 Å². The van der Waals surface area contributed by atoms with Crippen molar-refractivity contribution in [3.63, 3.8) is 0 Å². The van der Waals surface area contributed by atoms with Crippen LogP contribution in [0.3, 0.4) is 0 Å². The van der Waals surface area contributed by atoms with Crippen LogP contribution < -0.4 is 5.32 Å². The molecule has 6 nitrogen and oxygen atoms in total. The summed E-state index contributed by atoms with van der Waals surface area (Å²) in [5.41, 5.74) is 1.52. The summed E-state index contributed by atoms with van der Waals surface area (Å²) in [6.07, 6.45) is 3.84. The van der Waals surface area contributed by atoms with Gasteiger partial charge in [0.1, 0.15) is 5.78 Å². The maximum Gasteiger partial charge on any atom is 0.231 e. The fraction of sp³-hybridized carbons (Fsp3) is 0.312. The van der Waals surface area contributed by atoms with Crippen LogP contribution in [0.2, 0.25) is 0 Å². The highest BCUT2D eigenvalue weighted by Gasteiger charge is 2.24. The standard InChI is InChI=1S/C16H16N4O2/c21-13-5-4-11(9-13)14-6-7-15(20-19-14)18-16(22)10-12-3-1-2-8-17-12/h1-3,6-8,11H,4-5,9-10H2,(H,18,20,22). The summed E-state index contributed by atoms with van der Waals surface area (Å²) in [6.45, 7) is 0. The van der Waals surface area contributed by atoms with Crippen molar-refractivity contribution in [1.82, 2.24) is 15.2 Å². The molecular weight excluding hydrogens is 280 g/mol. The van der Waals surface area contributed by atoms with Crippen molar-refractivity contribution in [2.75, 3.05) is 5.32 Å².